The number of nitrogens with zero attached hydrogens (tertiary/aromatic N) is 3. The zero-order chi connectivity index (χ0) is 21.8. The summed E-state index contributed by atoms with van der Waals surface area (Å²) in [6.07, 6.45) is 3.23. The van der Waals surface area contributed by atoms with Crippen LogP contribution < -0.4 is 5.56 Å². The lowest BCUT2D eigenvalue weighted by molar-refractivity contribution is 0.536. The van der Waals surface area contributed by atoms with E-state index in [1.54, 1.807) is 60.9 Å². The van der Waals surface area contributed by atoms with Crippen molar-refractivity contribution in [2.24, 2.45) is 0 Å². The van der Waals surface area contributed by atoms with E-state index in [4.69, 9.17) is 0 Å². The second-order valence-corrected chi connectivity index (χ2v) is 7.77. The Kier molecular flexibility index (Phi) is 6.11. The predicted octanol–water partition coefficient (Wildman–Crippen LogP) is 3.54. The van der Waals surface area contributed by atoms with Crippen LogP contribution in [-0.4, -0.2) is 23.5 Å². The third-order valence-electron chi connectivity index (χ3n) is 4.76. The molecule has 0 aliphatic heterocycles. The summed E-state index contributed by atoms with van der Waals surface area (Å²) in [5, 5.41) is 4.32. The maximum atomic E-state index is 13.5. The highest BCUT2D eigenvalue weighted by Gasteiger charge is 2.16. The van der Waals surface area contributed by atoms with Crippen molar-refractivity contribution in [3.63, 3.8) is 0 Å². The SMILES string of the molecule is O=c1c(-c2ccc(F)cc2)c(-c2ccc(CS(=O)[O-])cc2)cnn1Cc1ccccn1. The first kappa shape index (κ1) is 20.8. The van der Waals surface area contributed by atoms with Gasteiger partial charge < -0.3 is 4.55 Å². The van der Waals surface area contributed by atoms with Crippen LogP contribution in [0.4, 0.5) is 4.39 Å². The van der Waals surface area contributed by atoms with E-state index in [0.29, 0.717) is 33.5 Å². The second-order valence-electron chi connectivity index (χ2n) is 6.87. The summed E-state index contributed by atoms with van der Waals surface area (Å²) in [4.78, 5) is 17.6. The van der Waals surface area contributed by atoms with Gasteiger partial charge in [0.15, 0.2) is 0 Å². The van der Waals surface area contributed by atoms with Gasteiger partial charge in [-0.3, -0.25) is 14.0 Å². The first-order valence-electron chi connectivity index (χ1n) is 9.42. The molecule has 156 valence electrons. The first-order chi connectivity index (χ1) is 15.0. The molecule has 0 radical (unpaired) electrons. The van der Waals surface area contributed by atoms with Gasteiger partial charge in [-0.2, -0.15) is 5.10 Å². The fraction of sp³-hybridized carbons (Fsp3) is 0.0870. The molecule has 0 aliphatic rings. The molecule has 0 N–H and O–H groups in total. The molecule has 1 unspecified atom stereocenters. The van der Waals surface area contributed by atoms with Crippen LogP contribution in [0.1, 0.15) is 11.3 Å². The van der Waals surface area contributed by atoms with E-state index < -0.39 is 16.9 Å². The van der Waals surface area contributed by atoms with Crippen molar-refractivity contribution in [1.29, 1.82) is 0 Å². The summed E-state index contributed by atoms with van der Waals surface area (Å²) in [6.45, 7) is 0.197. The van der Waals surface area contributed by atoms with Crippen LogP contribution in [-0.2, 0) is 23.4 Å². The first-order valence-corrected chi connectivity index (χ1v) is 10.7. The van der Waals surface area contributed by atoms with E-state index >= 15 is 0 Å². The third kappa shape index (κ3) is 4.82. The molecule has 0 amide bonds. The van der Waals surface area contributed by atoms with E-state index in [2.05, 4.69) is 10.1 Å². The Morgan fingerprint density at radius 3 is 2.32 bits per heavy atom. The molecular weight excluding hydrogens is 417 g/mol. The van der Waals surface area contributed by atoms with E-state index in [1.165, 1.54) is 16.8 Å². The summed E-state index contributed by atoms with van der Waals surface area (Å²) in [7, 11) is 0. The molecule has 4 rings (SSSR count). The van der Waals surface area contributed by atoms with E-state index in [0.717, 1.165) is 0 Å². The highest BCUT2D eigenvalue weighted by atomic mass is 32.2. The molecule has 0 saturated carbocycles. The fourth-order valence-electron chi connectivity index (χ4n) is 3.28. The summed E-state index contributed by atoms with van der Waals surface area (Å²) >= 11 is -2.19. The lowest BCUT2D eigenvalue weighted by Crippen LogP contribution is -2.25. The van der Waals surface area contributed by atoms with Crippen LogP contribution in [0.25, 0.3) is 22.3 Å². The zero-order valence-corrected chi connectivity index (χ0v) is 17.1. The Morgan fingerprint density at radius 1 is 0.968 bits per heavy atom. The molecule has 2 heterocycles. The van der Waals surface area contributed by atoms with Gasteiger partial charge in [0.05, 0.1) is 24.0 Å². The van der Waals surface area contributed by atoms with Crippen molar-refractivity contribution < 1.29 is 13.2 Å². The Morgan fingerprint density at radius 2 is 1.68 bits per heavy atom. The number of aromatic nitrogens is 3. The average molecular weight is 434 g/mol. The topological polar surface area (TPSA) is 87.9 Å². The number of pyridine rings is 1. The Balaban J connectivity index is 1.82. The molecule has 31 heavy (non-hydrogen) atoms. The van der Waals surface area contributed by atoms with Gasteiger partial charge >= 0.3 is 0 Å². The molecule has 4 aromatic rings. The number of rotatable bonds is 6. The molecular formula is C23H17FN3O3S-. The van der Waals surface area contributed by atoms with Gasteiger partial charge in [-0.25, -0.2) is 9.07 Å². The van der Waals surface area contributed by atoms with Crippen LogP contribution in [0.5, 0.6) is 0 Å². The average Bonchev–Trinajstić information content (AvgIpc) is 2.77. The minimum atomic E-state index is -2.19. The fourth-order valence-corrected chi connectivity index (χ4v) is 3.74. The number of hydrogen-bond acceptors (Lipinski definition) is 5. The molecule has 8 heteroatoms. The van der Waals surface area contributed by atoms with Gasteiger partial charge in [-0.1, -0.05) is 53.5 Å². The molecule has 0 spiro atoms. The van der Waals surface area contributed by atoms with Crippen molar-refractivity contribution in [1.82, 2.24) is 14.8 Å². The van der Waals surface area contributed by atoms with Crippen molar-refractivity contribution in [2.75, 3.05) is 0 Å². The van der Waals surface area contributed by atoms with Gasteiger partial charge in [-0.15, -0.1) is 0 Å². The predicted molar refractivity (Wildman–Crippen MR) is 115 cm³/mol. The number of hydrogen-bond donors (Lipinski definition) is 0. The minimum absolute atomic E-state index is 0.0883. The van der Waals surface area contributed by atoms with Gasteiger partial charge in [0.1, 0.15) is 5.82 Å². The van der Waals surface area contributed by atoms with Crippen LogP contribution in [0.15, 0.2) is 83.9 Å². The van der Waals surface area contributed by atoms with Gasteiger partial charge in [0.25, 0.3) is 5.56 Å². The monoisotopic (exact) mass is 434 g/mol. The smallest absolute Gasteiger partial charge is 0.275 e. The maximum Gasteiger partial charge on any atom is 0.275 e. The maximum absolute atomic E-state index is 13.5. The molecule has 0 bridgehead atoms. The highest BCUT2D eigenvalue weighted by Crippen LogP contribution is 2.29. The van der Waals surface area contributed by atoms with E-state index in [1.807, 2.05) is 6.07 Å². The lowest BCUT2D eigenvalue weighted by Gasteiger charge is -2.13. The van der Waals surface area contributed by atoms with Crippen molar-refractivity contribution in [2.45, 2.75) is 12.3 Å². The standard InChI is InChI=1S/C23H18FN3O3S/c24-19-10-8-18(9-11-19)22-21(17-6-4-16(5-7-17)15-31(29)30)13-26-27(23(22)28)14-20-3-1-2-12-25-20/h1-13H,14-15H2,(H,29,30)/p-1. The Bertz CT molecular complexity index is 1270. The lowest BCUT2D eigenvalue weighted by atomic mass is 9.96. The van der Waals surface area contributed by atoms with Gasteiger partial charge in [-0.05, 0) is 41.0 Å². The highest BCUT2D eigenvalue weighted by molar-refractivity contribution is 7.78. The quantitative estimate of drug-likeness (QED) is 0.433. The molecule has 0 saturated heterocycles. The molecule has 2 aromatic heterocycles. The number of halogens is 1. The second kappa shape index (κ2) is 9.11. The molecule has 6 nitrogen and oxygen atoms in total. The van der Waals surface area contributed by atoms with E-state index in [-0.39, 0.29) is 17.9 Å². The van der Waals surface area contributed by atoms with Gasteiger partial charge in [0, 0.05) is 17.5 Å². The van der Waals surface area contributed by atoms with Crippen molar-refractivity contribution >= 4 is 11.1 Å². The summed E-state index contributed by atoms with van der Waals surface area (Å²) in [5.74, 6) is -0.488. The molecule has 0 fully saturated rings. The summed E-state index contributed by atoms with van der Waals surface area (Å²) < 4.78 is 36.7. The Labute approximate surface area is 180 Å². The van der Waals surface area contributed by atoms with Crippen molar-refractivity contribution in [3.8, 4) is 22.3 Å². The van der Waals surface area contributed by atoms with Crippen LogP contribution in [0, 0.1) is 5.82 Å². The van der Waals surface area contributed by atoms with Crippen molar-refractivity contribution in [3.05, 3.63) is 107 Å². The van der Waals surface area contributed by atoms with E-state index in [9.17, 15) is 17.9 Å². The summed E-state index contributed by atoms with van der Waals surface area (Å²) in [6, 6.07) is 18.0. The van der Waals surface area contributed by atoms with Crippen LogP contribution in [0.3, 0.4) is 0 Å². The zero-order valence-electron chi connectivity index (χ0n) is 16.3. The van der Waals surface area contributed by atoms with Gasteiger partial charge in [0.2, 0.25) is 0 Å². The Hall–Kier alpha value is -3.49. The van der Waals surface area contributed by atoms with Crippen LogP contribution >= 0.6 is 0 Å². The normalized spacial score (nSPS) is 11.9. The van der Waals surface area contributed by atoms with Crippen LogP contribution in [0.2, 0.25) is 0 Å². The summed E-state index contributed by atoms with van der Waals surface area (Å²) in [5.41, 5.74) is 3.20. The molecule has 0 aliphatic carbocycles. The minimum Gasteiger partial charge on any atom is -0.772 e. The largest absolute Gasteiger partial charge is 0.772 e. The molecule has 2 aromatic carbocycles. The number of benzene rings is 2. The molecule has 1 atom stereocenters. The third-order valence-corrected chi connectivity index (χ3v) is 5.33.